The molecule has 84 valence electrons. The van der Waals surface area contributed by atoms with Gasteiger partial charge >= 0.3 is 0 Å². The van der Waals surface area contributed by atoms with Gasteiger partial charge in [-0.3, -0.25) is 10.8 Å². The van der Waals surface area contributed by atoms with Crippen molar-refractivity contribution in [3.05, 3.63) is 53.0 Å². The van der Waals surface area contributed by atoms with Crippen LogP contribution in [0, 0.1) is 5.82 Å². The number of aromatic nitrogens is 1. The maximum atomic E-state index is 13.5. The van der Waals surface area contributed by atoms with Crippen molar-refractivity contribution < 1.29 is 8.81 Å². The molecule has 6 heteroatoms. The van der Waals surface area contributed by atoms with E-state index in [1.165, 1.54) is 12.3 Å². The number of rotatable bonds is 3. The molecule has 0 amide bonds. The van der Waals surface area contributed by atoms with Crippen LogP contribution in [-0.2, 0) is 0 Å². The number of furan rings is 1. The zero-order chi connectivity index (χ0) is 11.5. The molecule has 0 radical (unpaired) electrons. The van der Waals surface area contributed by atoms with Gasteiger partial charge in [-0.25, -0.2) is 9.82 Å². The fourth-order valence-electron chi connectivity index (χ4n) is 1.43. The molecule has 2 heterocycles. The van der Waals surface area contributed by atoms with Crippen LogP contribution in [0.2, 0.25) is 5.22 Å². The highest BCUT2D eigenvalue weighted by Crippen LogP contribution is 2.26. The van der Waals surface area contributed by atoms with Gasteiger partial charge in [-0.2, -0.15) is 0 Å². The molecule has 0 aliphatic heterocycles. The summed E-state index contributed by atoms with van der Waals surface area (Å²) >= 11 is 5.65. The SMILES string of the molecule is NNC(c1ccc(Cl)o1)c1ccncc1F. The van der Waals surface area contributed by atoms with E-state index in [9.17, 15) is 4.39 Å². The first kappa shape index (κ1) is 11.1. The number of nitrogens with two attached hydrogens (primary N) is 1. The van der Waals surface area contributed by atoms with Crippen molar-refractivity contribution in [1.82, 2.24) is 10.4 Å². The summed E-state index contributed by atoms with van der Waals surface area (Å²) in [5.41, 5.74) is 2.82. The van der Waals surface area contributed by atoms with E-state index in [4.69, 9.17) is 21.9 Å². The standard InChI is InChI=1S/C10H9ClFN3O/c11-9-2-1-8(16-9)10(15-13)6-3-4-14-5-7(6)12/h1-5,10,15H,13H2. The topological polar surface area (TPSA) is 64.1 Å². The van der Waals surface area contributed by atoms with Gasteiger partial charge in [0.1, 0.15) is 17.6 Å². The minimum Gasteiger partial charge on any atom is -0.448 e. The zero-order valence-corrected chi connectivity index (χ0v) is 8.91. The first-order valence-electron chi connectivity index (χ1n) is 4.53. The smallest absolute Gasteiger partial charge is 0.193 e. The molecule has 0 spiro atoms. The highest BCUT2D eigenvalue weighted by molar-refractivity contribution is 6.28. The molecule has 4 nitrogen and oxygen atoms in total. The van der Waals surface area contributed by atoms with Gasteiger partial charge in [0.05, 0.1) is 6.20 Å². The van der Waals surface area contributed by atoms with E-state index >= 15 is 0 Å². The number of hydrazine groups is 1. The number of hydrogen-bond donors (Lipinski definition) is 2. The molecule has 16 heavy (non-hydrogen) atoms. The first-order valence-corrected chi connectivity index (χ1v) is 4.91. The fraction of sp³-hybridized carbons (Fsp3) is 0.100. The monoisotopic (exact) mass is 241 g/mol. The van der Waals surface area contributed by atoms with E-state index in [2.05, 4.69) is 10.4 Å². The molecule has 0 aliphatic rings. The van der Waals surface area contributed by atoms with Crippen molar-refractivity contribution in [2.75, 3.05) is 0 Å². The maximum Gasteiger partial charge on any atom is 0.193 e. The third kappa shape index (κ3) is 2.06. The Kier molecular flexibility index (Phi) is 3.19. The molecule has 2 aromatic rings. The van der Waals surface area contributed by atoms with Crippen LogP contribution < -0.4 is 11.3 Å². The van der Waals surface area contributed by atoms with E-state index in [1.807, 2.05) is 0 Å². The molecule has 0 saturated carbocycles. The van der Waals surface area contributed by atoms with Crippen LogP contribution in [0.5, 0.6) is 0 Å². The molecular formula is C10H9ClFN3O. The summed E-state index contributed by atoms with van der Waals surface area (Å²) in [7, 11) is 0. The molecule has 0 bridgehead atoms. The first-order chi connectivity index (χ1) is 7.72. The largest absolute Gasteiger partial charge is 0.448 e. The molecule has 0 aromatic carbocycles. The molecule has 1 unspecified atom stereocenters. The van der Waals surface area contributed by atoms with Crippen molar-refractivity contribution in [1.29, 1.82) is 0 Å². The summed E-state index contributed by atoms with van der Waals surface area (Å²) in [6.45, 7) is 0. The van der Waals surface area contributed by atoms with E-state index in [-0.39, 0.29) is 5.22 Å². The van der Waals surface area contributed by atoms with Gasteiger partial charge in [-0.1, -0.05) is 0 Å². The lowest BCUT2D eigenvalue weighted by Crippen LogP contribution is -2.29. The van der Waals surface area contributed by atoms with Crippen molar-refractivity contribution in [3.63, 3.8) is 0 Å². The van der Waals surface area contributed by atoms with Crippen molar-refractivity contribution in [2.24, 2.45) is 5.84 Å². The van der Waals surface area contributed by atoms with Crippen molar-refractivity contribution >= 4 is 11.6 Å². The second-order valence-corrected chi connectivity index (χ2v) is 3.51. The van der Waals surface area contributed by atoms with E-state index in [1.54, 1.807) is 12.1 Å². The Labute approximate surface area is 96.2 Å². The minimum atomic E-state index is -0.588. The zero-order valence-electron chi connectivity index (χ0n) is 8.15. The second kappa shape index (κ2) is 4.61. The quantitative estimate of drug-likeness (QED) is 0.637. The molecule has 0 saturated heterocycles. The predicted octanol–water partition coefficient (Wildman–Crippen LogP) is 2.02. The van der Waals surface area contributed by atoms with E-state index < -0.39 is 11.9 Å². The van der Waals surface area contributed by atoms with Crippen molar-refractivity contribution in [2.45, 2.75) is 6.04 Å². The lowest BCUT2D eigenvalue weighted by molar-refractivity contribution is 0.442. The van der Waals surface area contributed by atoms with Gasteiger partial charge in [0.2, 0.25) is 0 Å². The number of hydrogen-bond acceptors (Lipinski definition) is 4. The Balaban J connectivity index is 2.40. The summed E-state index contributed by atoms with van der Waals surface area (Å²) in [6.07, 6.45) is 2.59. The van der Waals surface area contributed by atoms with Gasteiger partial charge in [0.25, 0.3) is 0 Å². The molecule has 1 atom stereocenters. The summed E-state index contributed by atoms with van der Waals surface area (Å²) in [4.78, 5) is 3.66. The predicted molar refractivity (Wildman–Crippen MR) is 57.1 cm³/mol. The van der Waals surface area contributed by atoms with E-state index in [0.29, 0.717) is 11.3 Å². The lowest BCUT2D eigenvalue weighted by atomic mass is 10.1. The maximum absolute atomic E-state index is 13.5. The van der Waals surface area contributed by atoms with Crippen molar-refractivity contribution in [3.8, 4) is 0 Å². The van der Waals surface area contributed by atoms with Gasteiger partial charge < -0.3 is 4.42 Å². The number of pyridine rings is 1. The van der Waals surface area contributed by atoms with Crippen LogP contribution in [0.1, 0.15) is 17.4 Å². The highest BCUT2D eigenvalue weighted by Gasteiger charge is 2.19. The van der Waals surface area contributed by atoms with Crippen LogP contribution in [0.15, 0.2) is 35.0 Å². The van der Waals surface area contributed by atoms with Crippen LogP contribution >= 0.6 is 11.6 Å². The summed E-state index contributed by atoms with van der Waals surface area (Å²) in [6, 6.07) is 4.14. The highest BCUT2D eigenvalue weighted by atomic mass is 35.5. The summed E-state index contributed by atoms with van der Waals surface area (Å²) in [5, 5.41) is 0.227. The number of nitrogens with zero attached hydrogens (tertiary/aromatic N) is 1. The van der Waals surface area contributed by atoms with Gasteiger partial charge in [0, 0.05) is 11.8 Å². The fourth-order valence-corrected chi connectivity index (χ4v) is 1.58. The second-order valence-electron chi connectivity index (χ2n) is 3.14. The van der Waals surface area contributed by atoms with Gasteiger partial charge in [-0.15, -0.1) is 0 Å². The Hall–Kier alpha value is -1.43. The van der Waals surface area contributed by atoms with Gasteiger partial charge in [-0.05, 0) is 29.8 Å². The number of nitrogens with one attached hydrogen (secondary N) is 1. The Morgan fingerprint density at radius 2 is 2.25 bits per heavy atom. The summed E-state index contributed by atoms with van der Waals surface area (Å²) in [5.74, 6) is 5.36. The van der Waals surface area contributed by atoms with Crippen LogP contribution in [-0.4, -0.2) is 4.98 Å². The van der Waals surface area contributed by atoms with Crippen LogP contribution in [0.4, 0.5) is 4.39 Å². The Morgan fingerprint density at radius 3 is 2.81 bits per heavy atom. The Bertz CT molecular complexity index is 488. The lowest BCUT2D eigenvalue weighted by Gasteiger charge is -2.13. The molecular weight excluding hydrogens is 233 g/mol. The molecule has 3 N–H and O–H groups in total. The normalized spacial score (nSPS) is 12.7. The minimum absolute atomic E-state index is 0.227. The third-order valence-electron chi connectivity index (χ3n) is 2.16. The molecule has 2 aromatic heterocycles. The van der Waals surface area contributed by atoms with Crippen LogP contribution in [0.3, 0.4) is 0 Å². The Morgan fingerprint density at radius 1 is 1.44 bits per heavy atom. The molecule has 0 aliphatic carbocycles. The van der Waals surface area contributed by atoms with Gasteiger partial charge in [0.15, 0.2) is 5.22 Å². The summed E-state index contributed by atoms with van der Waals surface area (Å²) < 4.78 is 18.7. The molecule has 2 rings (SSSR count). The third-order valence-corrected chi connectivity index (χ3v) is 2.36. The average Bonchev–Trinajstić information content (AvgIpc) is 2.69. The van der Waals surface area contributed by atoms with Crippen LogP contribution in [0.25, 0.3) is 0 Å². The molecule has 0 fully saturated rings. The average molecular weight is 242 g/mol. The number of halogens is 2. The van der Waals surface area contributed by atoms with E-state index in [0.717, 1.165) is 6.20 Å².